The Morgan fingerprint density at radius 1 is 1.28 bits per heavy atom. The minimum atomic E-state index is -0.261. The molecule has 130 valence electrons. The Hall–Kier alpha value is -2.67. The first-order chi connectivity index (χ1) is 12.0. The number of hydrogen-bond acceptors (Lipinski definition) is 5. The van der Waals surface area contributed by atoms with Gasteiger partial charge in [0.2, 0.25) is 0 Å². The summed E-state index contributed by atoms with van der Waals surface area (Å²) in [5, 5.41) is 13.1. The van der Waals surface area contributed by atoms with E-state index < -0.39 is 0 Å². The number of thiophene rings is 1. The molecule has 3 N–H and O–H groups in total. The van der Waals surface area contributed by atoms with Crippen molar-refractivity contribution in [3.63, 3.8) is 0 Å². The zero-order chi connectivity index (χ0) is 17.8. The van der Waals surface area contributed by atoms with Gasteiger partial charge in [0.05, 0.1) is 6.04 Å². The first-order valence-electron chi connectivity index (χ1n) is 8.10. The zero-order valence-corrected chi connectivity index (χ0v) is 15.3. The molecular weight excluding hydrogens is 334 g/mol. The number of rotatable bonds is 6. The Morgan fingerprint density at radius 2 is 2.12 bits per heavy atom. The lowest BCUT2D eigenvalue weighted by Gasteiger charge is -2.12. The van der Waals surface area contributed by atoms with Crippen molar-refractivity contribution in [1.29, 1.82) is 0 Å². The standard InChI is InChI=1S/C18H21N5OS/c1-11-7-8-16(25-11)10-19-15-6-4-5-14(9-15)18(24)20-12(2)17-21-13(3)22-23-17/h4-9,12,19H,10H2,1-3H3,(H,20,24)(H,21,22,23)/t12-/m0/s1. The van der Waals surface area contributed by atoms with E-state index >= 15 is 0 Å². The highest BCUT2D eigenvalue weighted by molar-refractivity contribution is 7.11. The first-order valence-corrected chi connectivity index (χ1v) is 8.92. The van der Waals surface area contributed by atoms with Gasteiger partial charge in [-0.25, -0.2) is 4.98 Å². The van der Waals surface area contributed by atoms with Gasteiger partial charge in [-0.2, -0.15) is 5.10 Å². The number of carbonyl (C=O) groups excluding carboxylic acids is 1. The SMILES string of the molecule is Cc1nc([C@H](C)NC(=O)c2cccc(NCc3ccc(C)s3)c2)n[nH]1. The highest BCUT2D eigenvalue weighted by Crippen LogP contribution is 2.18. The third-order valence-electron chi connectivity index (χ3n) is 3.74. The summed E-state index contributed by atoms with van der Waals surface area (Å²) in [7, 11) is 0. The van der Waals surface area contributed by atoms with Crippen LogP contribution in [0, 0.1) is 13.8 Å². The zero-order valence-electron chi connectivity index (χ0n) is 14.5. The molecule has 0 aliphatic rings. The molecule has 25 heavy (non-hydrogen) atoms. The summed E-state index contributed by atoms with van der Waals surface area (Å²) in [5.41, 5.74) is 1.52. The molecule has 1 atom stereocenters. The van der Waals surface area contributed by atoms with Gasteiger partial charge in [0.1, 0.15) is 5.82 Å². The van der Waals surface area contributed by atoms with Crippen LogP contribution in [0.5, 0.6) is 0 Å². The molecule has 1 aromatic carbocycles. The molecule has 6 nitrogen and oxygen atoms in total. The van der Waals surface area contributed by atoms with Crippen molar-refractivity contribution in [2.24, 2.45) is 0 Å². The van der Waals surface area contributed by atoms with E-state index in [9.17, 15) is 4.79 Å². The molecule has 2 aromatic heterocycles. The van der Waals surface area contributed by atoms with E-state index in [1.165, 1.54) is 9.75 Å². The molecule has 2 heterocycles. The number of nitrogens with zero attached hydrogens (tertiary/aromatic N) is 2. The fourth-order valence-corrected chi connectivity index (χ4v) is 3.27. The molecule has 0 spiro atoms. The van der Waals surface area contributed by atoms with Crippen LogP contribution in [0.15, 0.2) is 36.4 Å². The molecule has 0 saturated carbocycles. The van der Waals surface area contributed by atoms with Crippen molar-refractivity contribution >= 4 is 22.9 Å². The summed E-state index contributed by atoms with van der Waals surface area (Å²) in [5.74, 6) is 1.16. The summed E-state index contributed by atoms with van der Waals surface area (Å²) >= 11 is 1.77. The van der Waals surface area contributed by atoms with Gasteiger partial charge in [0.15, 0.2) is 5.82 Å². The van der Waals surface area contributed by atoms with Gasteiger partial charge in [-0.1, -0.05) is 6.07 Å². The lowest BCUT2D eigenvalue weighted by atomic mass is 10.1. The molecule has 0 unspecified atom stereocenters. The van der Waals surface area contributed by atoms with Gasteiger partial charge in [-0.05, 0) is 51.1 Å². The van der Waals surface area contributed by atoms with E-state index in [1.54, 1.807) is 17.4 Å². The second-order valence-electron chi connectivity index (χ2n) is 5.92. The second kappa shape index (κ2) is 7.48. The Balaban J connectivity index is 1.62. The van der Waals surface area contributed by atoms with E-state index in [2.05, 4.69) is 44.9 Å². The van der Waals surface area contributed by atoms with Gasteiger partial charge >= 0.3 is 0 Å². The Bertz CT molecular complexity index is 870. The average Bonchev–Trinajstić information content (AvgIpc) is 3.21. The largest absolute Gasteiger partial charge is 0.380 e. The minimum Gasteiger partial charge on any atom is -0.380 e. The fraction of sp³-hybridized carbons (Fsp3) is 0.278. The molecule has 0 radical (unpaired) electrons. The fourth-order valence-electron chi connectivity index (χ4n) is 2.44. The first kappa shape index (κ1) is 17.2. The van der Waals surface area contributed by atoms with Crippen LogP contribution in [-0.4, -0.2) is 21.1 Å². The predicted octanol–water partition coefficient (Wildman–Crippen LogP) is 3.59. The molecule has 0 bridgehead atoms. The van der Waals surface area contributed by atoms with E-state index in [0.717, 1.165) is 18.1 Å². The number of aromatic amines is 1. The molecule has 1 amide bonds. The molecular formula is C18H21N5OS. The van der Waals surface area contributed by atoms with Crippen molar-refractivity contribution < 1.29 is 4.79 Å². The summed E-state index contributed by atoms with van der Waals surface area (Å²) in [6, 6.07) is 11.4. The average molecular weight is 355 g/mol. The minimum absolute atomic E-state index is 0.148. The number of amides is 1. The molecule has 0 aliphatic carbocycles. The van der Waals surface area contributed by atoms with Crippen LogP contribution in [0.2, 0.25) is 0 Å². The lowest BCUT2D eigenvalue weighted by Crippen LogP contribution is -2.27. The molecule has 0 saturated heterocycles. The van der Waals surface area contributed by atoms with Gasteiger partial charge in [-0.3, -0.25) is 9.89 Å². The van der Waals surface area contributed by atoms with Crippen LogP contribution in [0.1, 0.15) is 44.7 Å². The van der Waals surface area contributed by atoms with Crippen molar-refractivity contribution in [2.75, 3.05) is 5.32 Å². The molecule has 3 rings (SSSR count). The van der Waals surface area contributed by atoms with E-state index in [1.807, 2.05) is 32.0 Å². The van der Waals surface area contributed by atoms with Crippen molar-refractivity contribution in [3.05, 3.63) is 63.4 Å². The van der Waals surface area contributed by atoms with Gasteiger partial charge in [0.25, 0.3) is 5.91 Å². The van der Waals surface area contributed by atoms with E-state index in [0.29, 0.717) is 11.4 Å². The summed E-state index contributed by atoms with van der Waals surface area (Å²) in [4.78, 5) is 19.3. The number of nitrogens with one attached hydrogen (secondary N) is 3. The number of anilines is 1. The number of aromatic nitrogens is 3. The predicted molar refractivity (Wildman–Crippen MR) is 99.8 cm³/mol. The maximum Gasteiger partial charge on any atom is 0.251 e. The smallest absolute Gasteiger partial charge is 0.251 e. The Morgan fingerprint density at radius 3 is 2.80 bits per heavy atom. The monoisotopic (exact) mass is 355 g/mol. The van der Waals surface area contributed by atoms with Crippen LogP contribution < -0.4 is 10.6 Å². The molecule has 0 fully saturated rings. The number of H-pyrrole nitrogens is 1. The maximum atomic E-state index is 12.5. The highest BCUT2D eigenvalue weighted by Gasteiger charge is 2.15. The van der Waals surface area contributed by atoms with Gasteiger partial charge in [-0.15, -0.1) is 11.3 Å². The molecule has 0 aliphatic heterocycles. The summed E-state index contributed by atoms with van der Waals surface area (Å²) < 4.78 is 0. The number of aryl methyl sites for hydroxylation is 2. The topological polar surface area (TPSA) is 82.7 Å². The van der Waals surface area contributed by atoms with Crippen LogP contribution in [-0.2, 0) is 6.54 Å². The Labute approximate surface area is 150 Å². The molecule has 3 aromatic rings. The maximum absolute atomic E-state index is 12.5. The van der Waals surface area contributed by atoms with E-state index in [-0.39, 0.29) is 11.9 Å². The lowest BCUT2D eigenvalue weighted by molar-refractivity contribution is 0.0938. The second-order valence-corrected chi connectivity index (χ2v) is 7.29. The number of hydrogen-bond donors (Lipinski definition) is 3. The van der Waals surface area contributed by atoms with Gasteiger partial charge in [0, 0.05) is 27.5 Å². The number of benzene rings is 1. The highest BCUT2D eigenvalue weighted by atomic mass is 32.1. The number of carbonyl (C=O) groups is 1. The third kappa shape index (κ3) is 4.45. The van der Waals surface area contributed by atoms with Crippen molar-refractivity contribution in [1.82, 2.24) is 20.5 Å². The van der Waals surface area contributed by atoms with Crippen molar-refractivity contribution in [2.45, 2.75) is 33.4 Å². The van der Waals surface area contributed by atoms with Crippen LogP contribution in [0.4, 0.5) is 5.69 Å². The van der Waals surface area contributed by atoms with Crippen molar-refractivity contribution in [3.8, 4) is 0 Å². The van der Waals surface area contributed by atoms with Crippen LogP contribution in [0.25, 0.3) is 0 Å². The quantitative estimate of drug-likeness (QED) is 0.631. The summed E-state index contributed by atoms with van der Waals surface area (Å²) in [6.45, 7) is 6.53. The van der Waals surface area contributed by atoms with E-state index in [4.69, 9.17) is 0 Å². The van der Waals surface area contributed by atoms with Crippen LogP contribution >= 0.6 is 11.3 Å². The normalized spacial score (nSPS) is 12.0. The molecule has 7 heteroatoms. The summed E-state index contributed by atoms with van der Waals surface area (Å²) in [6.07, 6.45) is 0. The van der Waals surface area contributed by atoms with Crippen LogP contribution in [0.3, 0.4) is 0 Å². The Kier molecular flexibility index (Phi) is 5.14. The van der Waals surface area contributed by atoms with Gasteiger partial charge < -0.3 is 10.6 Å². The third-order valence-corrected chi connectivity index (χ3v) is 4.74.